The van der Waals surface area contributed by atoms with Crippen LogP contribution >= 0.6 is 11.6 Å². The average Bonchev–Trinajstić information content (AvgIpc) is 1.88. The number of hydrogen-bond acceptors (Lipinski definition) is 1. The van der Waals surface area contributed by atoms with Crippen LogP contribution in [-0.4, -0.2) is 16.5 Å². The van der Waals surface area contributed by atoms with E-state index >= 15 is 0 Å². The van der Waals surface area contributed by atoms with E-state index in [1.54, 1.807) is 19.1 Å². The second-order valence-electron chi connectivity index (χ2n) is 2.06. The number of allylic oxidation sites excluding steroid dienone is 3. The number of alkyl halides is 1. The molecule has 0 bridgehead atoms. The Morgan fingerprint density at radius 3 is 2.64 bits per heavy atom. The van der Waals surface area contributed by atoms with Crippen LogP contribution in [0.15, 0.2) is 24.3 Å². The van der Waals surface area contributed by atoms with Crippen molar-refractivity contribution in [2.24, 2.45) is 0 Å². The van der Waals surface area contributed by atoms with Crippen molar-refractivity contribution in [1.29, 1.82) is 0 Å². The van der Waals surface area contributed by atoms with Crippen molar-refractivity contribution in [3.63, 3.8) is 0 Å². The van der Waals surface area contributed by atoms with Gasteiger partial charge in [0.1, 0.15) is 0 Å². The average molecular weight is 175 g/mol. The first-order valence-electron chi connectivity index (χ1n) is 3.26. The van der Waals surface area contributed by atoms with Gasteiger partial charge in [0.25, 0.3) is 0 Å². The van der Waals surface area contributed by atoms with Crippen molar-refractivity contribution in [1.82, 2.24) is 0 Å². The molecule has 2 nitrogen and oxygen atoms in total. The quantitative estimate of drug-likeness (QED) is 0.524. The number of carbonyl (C=O) groups is 1. The van der Waals surface area contributed by atoms with Gasteiger partial charge in [-0.25, -0.2) is 0 Å². The van der Waals surface area contributed by atoms with Gasteiger partial charge in [0.2, 0.25) is 0 Å². The Hall–Kier alpha value is -0.760. The summed E-state index contributed by atoms with van der Waals surface area (Å²) < 4.78 is 0. The molecule has 0 spiro atoms. The second kappa shape index (κ2) is 4.97. The van der Waals surface area contributed by atoms with Gasteiger partial charge in [-0.05, 0) is 12.5 Å². The first kappa shape index (κ1) is 10.2. The zero-order valence-corrected chi connectivity index (χ0v) is 7.14. The normalized spacial score (nSPS) is 14.2. The molecule has 0 heterocycles. The summed E-state index contributed by atoms with van der Waals surface area (Å²) in [5.41, 5.74) is 0.758. The van der Waals surface area contributed by atoms with E-state index < -0.39 is 11.3 Å². The Bertz CT molecular complexity index is 185. The van der Waals surface area contributed by atoms with Crippen molar-refractivity contribution in [3.8, 4) is 0 Å². The molecule has 1 atom stereocenters. The molecule has 0 aliphatic rings. The van der Waals surface area contributed by atoms with Crippen LogP contribution in [0.5, 0.6) is 0 Å². The first-order chi connectivity index (χ1) is 5.11. The third kappa shape index (κ3) is 3.83. The largest absolute Gasteiger partial charge is 0.481 e. The SMILES string of the molecule is C=CC(=CC)C(Cl)CC(=O)O. The van der Waals surface area contributed by atoms with Crippen LogP contribution in [0.4, 0.5) is 0 Å². The molecule has 0 aromatic carbocycles. The Kier molecular flexibility index (Phi) is 4.62. The van der Waals surface area contributed by atoms with E-state index in [1.165, 1.54) is 0 Å². The smallest absolute Gasteiger partial charge is 0.305 e. The minimum atomic E-state index is -0.897. The minimum absolute atomic E-state index is 0.0623. The highest BCUT2D eigenvalue weighted by Crippen LogP contribution is 2.14. The number of rotatable bonds is 4. The summed E-state index contributed by atoms with van der Waals surface area (Å²) in [5, 5.41) is 7.91. The van der Waals surface area contributed by atoms with Gasteiger partial charge in [0, 0.05) is 0 Å². The van der Waals surface area contributed by atoms with E-state index in [-0.39, 0.29) is 6.42 Å². The minimum Gasteiger partial charge on any atom is -0.481 e. The van der Waals surface area contributed by atoms with E-state index in [0.717, 1.165) is 5.57 Å². The van der Waals surface area contributed by atoms with E-state index in [2.05, 4.69) is 6.58 Å². The molecule has 0 saturated carbocycles. The Morgan fingerprint density at radius 1 is 1.82 bits per heavy atom. The topological polar surface area (TPSA) is 37.3 Å². The maximum atomic E-state index is 10.2. The molecule has 11 heavy (non-hydrogen) atoms. The van der Waals surface area contributed by atoms with Crippen LogP contribution in [-0.2, 0) is 4.79 Å². The molecular weight excluding hydrogens is 164 g/mol. The predicted octanol–water partition coefficient (Wildman–Crippen LogP) is 2.20. The predicted molar refractivity (Wildman–Crippen MR) is 45.8 cm³/mol. The summed E-state index contributed by atoms with van der Waals surface area (Å²) in [5.74, 6) is -0.897. The fourth-order valence-corrected chi connectivity index (χ4v) is 1.04. The maximum Gasteiger partial charge on any atom is 0.305 e. The van der Waals surface area contributed by atoms with Crippen molar-refractivity contribution >= 4 is 17.6 Å². The third-order valence-electron chi connectivity index (χ3n) is 1.28. The van der Waals surface area contributed by atoms with E-state index in [0.29, 0.717) is 0 Å². The fourth-order valence-electron chi connectivity index (χ4n) is 0.698. The standard InChI is InChI=1S/C8H11ClO2/c1-3-6(4-2)7(9)5-8(10)11/h3-4,7H,1,5H2,2H3,(H,10,11). The number of aliphatic carboxylic acids is 1. The molecule has 0 radical (unpaired) electrons. The monoisotopic (exact) mass is 174 g/mol. The summed E-state index contributed by atoms with van der Waals surface area (Å²) in [4.78, 5) is 10.2. The molecule has 0 aromatic rings. The van der Waals surface area contributed by atoms with Gasteiger partial charge in [-0.15, -0.1) is 11.6 Å². The summed E-state index contributed by atoms with van der Waals surface area (Å²) in [7, 11) is 0. The summed E-state index contributed by atoms with van der Waals surface area (Å²) in [6, 6.07) is 0. The van der Waals surface area contributed by atoms with Gasteiger partial charge in [0.05, 0.1) is 11.8 Å². The number of carboxylic acid groups (broad SMARTS) is 1. The van der Waals surface area contributed by atoms with Crippen molar-refractivity contribution < 1.29 is 9.90 Å². The zero-order chi connectivity index (χ0) is 8.85. The van der Waals surface area contributed by atoms with Crippen LogP contribution in [0.2, 0.25) is 0 Å². The van der Waals surface area contributed by atoms with Crippen molar-refractivity contribution in [2.75, 3.05) is 0 Å². The van der Waals surface area contributed by atoms with Gasteiger partial charge < -0.3 is 5.11 Å². The number of carboxylic acids is 1. The Labute approximate surface area is 71.2 Å². The first-order valence-corrected chi connectivity index (χ1v) is 3.70. The molecule has 1 N–H and O–H groups in total. The lowest BCUT2D eigenvalue weighted by atomic mass is 10.1. The number of halogens is 1. The third-order valence-corrected chi connectivity index (χ3v) is 1.69. The maximum absolute atomic E-state index is 10.2. The fraction of sp³-hybridized carbons (Fsp3) is 0.375. The van der Waals surface area contributed by atoms with E-state index in [1.807, 2.05) is 0 Å². The van der Waals surface area contributed by atoms with Gasteiger partial charge in [-0.1, -0.05) is 18.7 Å². The summed E-state index contributed by atoms with van der Waals surface area (Å²) in [6.07, 6.45) is 3.27. The van der Waals surface area contributed by atoms with E-state index in [4.69, 9.17) is 16.7 Å². The lowest BCUT2D eigenvalue weighted by Gasteiger charge is -2.05. The summed E-state index contributed by atoms with van der Waals surface area (Å²) >= 11 is 5.72. The van der Waals surface area contributed by atoms with Crippen LogP contribution in [0.25, 0.3) is 0 Å². The van der Waals surface area contributed by atoms with Crippen molar-refractivity contribution in [2.45, 2.75) is 18.7 Å². The lowest BCUT2D eigenvalue weighted by Crippen LogP contribution is -2.08. The molecule has 0 amide bonds. The molecule has 1 unspecified atom stereocenters. The van der Waals surface area contributed by atoms with Crippen LogP contribution in [0.3, 0.4) is 0 Å². The van der Waals surface area contributed by atoms with Crippen molar-refractivity contribution in [3.05, 3.63) is 24.3 Å². The second-order valence-corrected chi connectivity index (χ2v) is 2.59. The highest BCUT2D eigenvalue weighted by Gasteiger charge is 2.11. The van der Waals surface area contributed by atoms with Crippen LogP contribution < -0.4 is 0 Å². The molecular formula is C8H11ClO2. The molecule has 62 valence electrons. The van der Waals surface area contributed by atoms with E-state index in [9.17, 15) is 4.79 Å². The van der Waals surface area contributed by atoms with Gasteiger partial charge in [-0.2, -0.15) is 0 Å². The van der Waals surface area contributed by atoms with Gasteiger partial charge >= 0.3 is 5.97 Å². The summed E-state index contributed by atoms with van der Waals surface area (Å²) in [6.45, 7) is 5.31. The molecule has 0 saturated heterocycles. The van der Waals surface area contributed by atoms with Gasteiger partial charge in [0.15, 0.2) is 0 Å². The molecule has 3 heteroatoms. The Morgan fingerprint density at radius 2 is 2.36 bits per heavy atom. The lowest BCUT2D eigenvalue weighted by molar-refractivity contribution is -0.136. The highest BCUT2D eigenvalue weighted by atomic mass is 35.5. The zero-order valence-electron chi connectivity index (χ0n) is 6.38. The molecule has 0 aliphatic heterocycles. The van der Waals surface area contributed by atoms with Crippen LogP contribution in [0, 0.1) is 0 Å². The molecule has 0 rings (SSSR count). The molecule has 0 aromatic heterocycles. The van der Waals surface area contributed by atoms with Gasteiger partial charge in [-0.3, -0.25) is 4.79 Å². The molecule has 0 aliphatic carbocycles. The van der Waals surface area contributed by atoms with Crippen LogP contribution in [0.1, 0.15) is 13.3 Å². The Balaban J connectivity index is 4.11. The molecule has 0 fully saturated rings. The number of hydrogen-bond donors (Lipinski definition) is 1. The highest BCUT2D eigenvalue weighted by molar-refractivity contribution is 6.23.